The number of carbonyl (C=O) groups excluding carboxylic acids is 1. The van der Waals surface area contributed by atoms with Gasteiger partial charge >= 0.3 is 0 Å². The largest absolute Gasteiger partial charge is 0.339 e. The normalized spacial score (nSPS) is 15.7. The van der Waals surface area contributed by atoms with Gasteiger partial charge in [-0.2, -0.15) is 4.31 Å². The van der Waals surface area contributed by atoms with Crippen LogP contribution in [0.25, 0.3) is 0 Å². The number of benzene rings is 2. The van der Waals surface area contributed by atoms with Gasteiger partial charge in [0.05, 0.1) is 10.6 Å². The van der Waals surface area contributed by atoms with E-state index in [0.717, 1.165) is 10.5 Å². The minimum atomic E-state index is -3.59. The zero-order valence-corrected chi connectivity index (χ0v) is 17.4. The second-order valence-corrected chi connectivity index (χ2v) is 9.69. The number of nitrogens with zero attached hydrogens (tertiary/aromatic N) is 2. The van der Waals surface area contributed by atoms with E-state index in [4.69, 9.17) is 11.6 Å². The van der Waals surface area contributed by atoms with Crippen LogP contribution in [0.4, 0.5) is 0 Å². The molecule has 5 nitrogen and oxygen atoms in total. The molecule has 1 fully saturated rings. The molecule has 1 aliphatic rings. The van der Waals surface area contributed by atoms with Gasteiger partial charge in [-0.05, 0) is 36.8 Å². The highest BCUT2D eigenvalue weighted by atomic mass is 35.5. The van der Waals surface area contributed by atoms with Crippen molar-refractivity contribution in [1.29, 1.82) is 0 Å². The van der Waals surface area contributed by atoms with E-state index in [1.807, 2.05) is 31.2 Å². The van der Waals surface area contributed by atoms with Crippen molar-refractivity contribution in [2.75, 3.05) is 31.9 Å². The molecule has 1 amide bonds. The van der Waals surface area contributed by atoms with Crippen LogP contribution in [0, 0.1) is 6.92 Å². The molecule has 0 bridgehead atoms. The average molecular weight is 425 g/mol. The number of carbonyl (C=O) groups is 1. The molecule has 3 rings (SSSR count). The summed E-state index contributed by atoms with van der Waals surface area (Å²) in [4.78, 5) is 15.5. The Bertz CT molecular complexity index is 926. The van der Waals surface area contributed by atoms with Crippen molar-refractivity contribution >= 4 is 39.3 Å². The third-order valence-corrected chi connectivity index (χ3v) is 7.76. The predicted molar refractivity (Wildman–Crippen MR) is 109 cm³/mol. The Morgan fingerprint density at radius 3 is 2.44 bits per heavy atom. The minimum absolute atomic E-state index is 0.0306. The van der Waals surface area contributed by atoms with E-state index in [2.05, 4.69) is 0 Å². The van der Waals surface area contributed by atoms with Crippen LogP contribution < -0.4 is 0 Å². The van der Waals surface area contributed by atoms with Crippen molar-refractivity contribution in [3.63, 3.8) is 0 Å². The summed E-state index contributed by atoms with van der Waals surface area (Å²) in [5, 5.41) is 0.387. The Kier molecular flexibility index (Phi) is 6.47. The number of amides is 1. The van der Waals surface area contributed by atoms with E-state index < -0.39 is 10.0 Å². The van der Waals surface area contributed by atoms with Crippen LogP contribution in [-0.4, -0.2) is 55.5 Å². The van der Waals surface area contributed by atoms with Gasteiger partial charge in [0.1, 0.15) is 0 Å². The summed E-state index contributed by atoms with van der Waals surface area (Å²) in [7, 11) is -3.59. The molecule has 0 spiro atoms. The summed E-state index contributed by atoms with van der Waals surface area (Å²) in [5.41, 5.74) is 1.15. The van der Waals surface area contributed by atoms with Crippen LogP contribution in [0.1, 0.15) is 5.56 Å². The number of piperazine rings is 1. The fraction of sp³-hybridized carbons (Fsp3) is 0.316. The number of hydrogen-bond donors (Lipinski definition) is 0. The van der Waals surface area contributed by atoms with E-state index in [-0.39, 0.29) is 23.9 Å². The van der Waals surface area contributed by atoms with Gasteiger partial charge in [0.25, 0.3) is 0 Å². The zero-order chi connectivity index (χ0) is 19.4. The van der Waals surface area contributed by atoms with Gasteiger partial charge in [-0.1, -0.05) is 35.9 Å². The van der Waals surface area contributed by atoms with Gasteiger partial charge in [-0.25, -0.2) is 8.42 Å². The third kappa shape index (κ3) is 4.85. The Balaban J connectivity index is 1.57. The van der Waals surface area contributed by atoms with Crippen molar-refractivity contribution < 1.29 is 13.2 Å². The zero-order valence-electron chi connectivity index (χ0n) is 15.0. The number of rotatable bonds is 5. The van der Waals surface area contributed by atoms with Crippen molar-refractivity contribution in [2.24, 2.45) is 0 Å². The van der Waals surface area contributed by atoms with Crippen molar-refractivity contribution in [3.8, 4) is 0 Å². The van der Waals surface area contributed by atoms with Crippen LogP contribution in [0.3, 0.4) is 0 Å². The first kappa shape index (κ1) is 20.2. The highest BCUT2D eigenvalue weighted by Crippen LogP contribution is 2.23. The molecule has 27 heavy (non-hydrogen) atoms. The van der Waals surface area contributed by atoms with Crippen LogP contribution in [-0.2, 0) is 14.8 Å². The Morgan fingerprint density at radius 2 is 1.78 bits per heavy atom. The molecule has 0 aromatic heterocycles. The average Bonchev–Trinajstić information content (AvgIpc) is 2.67. The highest BCUT2D eigenvalue weighted by molar-refractivity contribution is 8.00. The van der Waals surface area contributed by atoms with Crippen molar-refractivity contribution in [2.45, 2.75) is 16.7 Å². The molecule has 2 aromatic carbocycles. The number of sulfonamides is 1. The van der Waals surface area contributed by atoms with Crippen LogP contribution >= 0.6 is 23.4 Å². The lowest BCUT2D eigenvalue weighted by Crippen LogP contribution is -2.50. The summed E-state index contributed by atoms with van der Waals surface area (Å²) in [6, 6.07) is 14.2. The molecule has 0 aliphatic carbocycles. The third-order valence-electron chi connectivity index (χ3n) is 4.47. The Hall–Kier alpha value is -1.54. The maximum Gasteiger partial charge on any atom is 0.243 e. The molecule has 1 aliphatic heterocycles. The molecule has 0 saturated carbocycles. The second kappa shape index (κ2) is 8.65. The summed E-state index contributed by atoms with van der Waals surface area (Å²) in [6.45, 7) is 3.39. The quantitative estimate of drug-likeness (QED) is 0.691. The van der Waals surface area contributed by atoms with Gasteiger partial charge in [0, 0.05) is 36.1 Å². The van der Waals surface area contributed by atoms with Crippen molar-refractivity contribution in [3.05, 3.63) is 59.1 Å². The molecule has 1 saturated heterocycles. The van der Waals surface area contributed by atoms with Crippen molar-refractivity contribution in [1.82, 2.24) is 9.21 Å². The topological polar surface area (TPSA) is 57.7 Å². The number of thioether (sulfide) groups is 1. The fourth-order valence-corrected chi connectivity index (χ4v) is 5.56. The maximum atomic E-state index is 12.7. The molecule has 2 aromatic rings. The monoisotopic (exact) mass is 424 g/mol. The summed E-state index contributed by atoms with van der Waals surface area (Å²) < 4.78 is 26.9. The van der Waals surface area contributed by atoms with Crippen LogP contribution in [0.2, 0.25) is 5.02 Å². The van der Waals surface area contributed by atoms with Gasteiger partial charge in [0.15, 0.2) is 0 Å². The number of aryl methyl sites for hydroxylation is 1. The smallest absolute Gasteiger partial charge is 0.243 e. The van der Waals surface area contributed by atoms with E-state index in [1.54, 1.807) is 17.0 Å². The molecule has 1 heterocycles. The first-order valence-corrected chi connectivity index (χ1v) is 11.4. The molecule has 0 radical (unpaired) electrons. The lowest BCUT2D eigenvalue weighted by molar-refractivity contribution is -0.129. The van der Waals surface area contributed by atoms with Gasteiger partial charge < -0.3 is 4.90 Å². The van der Waals surface area contributed by atoms with Crippen LogP contribution in [0.5, 0.6) is 0 Å². The predicted octanol–water partition coefficient (Wildman–Crippen LogP) is 3.27. The molecule has 0 atom stereocenters. The van der Waals surface area contributed by atoms with E-state index in [9.17, 15) is 13.2 Å². The lowest BCUT2D eigenvalue weighted by atomic mass is 10.2. The molecule has 0 unspecified atom stereocenters. The van der Waals surface area contributed by atoms with Crippen LogP contribution in [0.15, 0.2) is 58.3 Å². The summed E-state index contributed by atoms with van der Waals surface area (Å²) in [5.74, 6) is 0.384. The van der Waals surface area contributed by atoms with Gasteiger partial charge in [-0.3, -0.25) is 4.79 Å². The Morgan fingerprint density at radius 1 is 1.07 bits per heavy atom. The first-order valence-electron chi connectivity index (χ1n) is 8.60. The molecule has 8 heteroatoms. The summed E-state index contributed by atoms with van der Waals surface area (Å²) in [6.07, 6.45) is 0. The molecular formula is C19H21ClN2O3S2. The van der Waals surface area contributed by atoms with Gasteiger partial charge in [0.2, 0.25) is 15.9 Å². The lowest BCUT2D eigenvalue weighted by Gasteiger charge is -2.34. The molecular weight excluding hydrogens is 404 g/mol. The standard InChI is InChI=1S/C19H21ClN2O3S2/c1-15-5-2-3-8-18(15)26-14-19(23)21-9-11-22(12-10-21)27(24,25)17-7-4-6-16(20)13-17/h2-8,13H,9-12,14H2,1H3. The molecule has 144 valence electrons. The number of hydrogen-bond acceptors (Lipinski definition) is 4. The first-order chi connectivity index (χ1) is 12.9. The van der Waals surface area contributed by atoms with E-state index >= 15 is 0 Å². The maximum absolute atomic E-state index is 12.7. The number of halogens is 1. The van der Waals surface area contributed by atoms with E-state index in [1.165, 1.54) is 28.2 Å². The highest BCUT2D eigenvalue weighted by Gasteiger charge is 2.30. The van der Waals surface area contributed by atoms with Gasteiger partial charge in [-0.15, -0.1) is 11.8 Å². The second-order valence-electron chi connectivity index (χ2n) is 6.30. The summed E-state index contributed by atoms with van der Waals surface area (Å²) >= 11 is 7.43. The van der Waals surface area contributed by atoms with E-state index in [0.29, 0.717) is 23.9 Å². The SMILES string of the molecule is Cc1ccccc1SCC(=O)N1CCN(S(=O)(=O)c2cccc(Cl)c2)CC1. The molecule has 0 N–H and O–H groups in total. The Labute approximate surface area is 169 Å². The minimum Gasteiger partial charge on any atom is -0.339 e. The fourth-order valence-electron chi connectivity index (χ4n) is 2.90.